The third-order valence-corrected chi connectivity index (χ3v) is 7.80. The van der Waals surface area contributed by atoms with Gasteiger partial charge in [-0.3, -0.25) is 14.2 Å². The highest BCUT2D eigenvalue weighted by molar-refractivity contribution is 7.99. The Bertz CT molecular complexity index is 1190. The minimum atomic E-state index is -0.175. The number of hydrogen-bond donors (Lipinski definition) is 1. The first-order chi connectivity index (χ1) is 14.3. The molecule has 1 amide bonds. The number of amides is 1. The fraction of sp³-hybridized carbons (Fsp3) is 0.333. The summed E-state index contributed by atoms with van der Waals surface area (Å²) in [5.74, 6) is 0.583. The third-order valence-electron chi connectivity index (χ3n) is 5.19. The predicted molar refractivity (Wildman–Crippen MR) is 121 cm³/mol. The number of carbonyl (C=O) groups excluding carboxylic acids is 1. The Kier molecular flexibility index (Phi) is 5.99. The molecule has 3 aromatic rings. The smallest absolute Gasteiger partial charge is 0.257 e. The molecule has 1 aliphatic heterocycles. The van der Waals surface area contributed by atoms with Gasteiger partial charge in [0.2, 0.25) is 5.91 Å². The summed E-state index contributed by atoms with van der Waals surface area (Å²) in [6.07, 6.45) is 0.249. The number of halogens is 1. The normalized spacial score (nSPS) is 15.3. The highest BCUT2D eigenvalue weighted by Gasteiger charge is 2.28. The summed E-state index contributed by atoms with van der Waals surface area (Å²) in [4.78, 5) is 35.3. The molecule has 1 aromatic carbocycles. The lowest BCUT2D eigenvalue weighted by molar-refractivity contribution is -0.121. The second kappa shape index (κ2) is 8.53. The molecule has 4 rings (SSSR count). The molecule has 156 valence electrons. The van der Waals surface area contributed by atoms with E-state index in [-0.39, 0.29) is 23.9 Å². The molecular weight excluding hydrogens is 440 g/mol. The first kappa shape index (κ1) is 21.1. The van der Waals surface area contributed by atoms with E-state index in [1.807, 2.05) is 38.1 Å². The zero-order valence-electron chi connectivity index (χ0n) is 16.9. The number of carbonyl (C=O) groups is 1. The number of thioether (sulfide) groups is 1. The number of benzene rings is 1. The van der Waals surface area contributed by atoms with Crippen molar-refractivity contribution in [2.45, 2.75) is 44.9 Å². The summed E-state index contributed by atoms with van der Waals surface area (Å²) in [7, 11) is 0. The number of rotatable bonds is 5. The van der Waals surface area contributed by atoms with Gasteiger partial charge in [0.15, 0.2) is 5.16 Å². The second-order valence-electron chi connectivity index (χ2n) is 7.23. The van der Waals surface area contributed by atoms with E-state index in [1.165, 1.54) is 23.1 Å². The minimum Gasteiger partial charge on any atom is -0.351 e. The molecule has 30 heavy (non-hydrogen) atoms. The van der Waals surface area contributed by atoms with Gasteiger partial charge in [0.25, 0.3) is 5.56 Å². The highest BCUT2D eigenvalue weighted by atomic mass is 35.5. The molecule has 2 aromatic heterocycles. The largest absolute Gasteiger partial charge is 0.351 e. The monoisotopic (exact) mass is 460 g/mol. The van der Waals surface area contributed by atoms with Crippen molar-refractivity contribution in [3.05, 3.63) is 61.5 Å². The molecule has 1 atom stereocenters. The van der Waals surface area contributed by atoms with Crippen LogP contribution in [-0.2, 0) is 11.3 Å². The Balaban J connectivity index is 1.43. The van der Waals surface area contributed by atoms with Crippen LogP contribution in [0.25, 0.3) is 10.6 Å². The van der Waals surface area contributed by atoms with Crippen LogP contribution in [0.2, 0.25) is 5.02 Å². The van der Waals surface area contributed by atoms with Crippen molar-refractivity contribution < 1.29 is 4.79 Å². The Labute approximate surface area is 187 Å². The summed E-state index contributed by atoms with van der Waals surface area (Å²) in [5, 5.41) is 5.17. The Morgan fingerprint density at radius 1 is 1.23 bits per heavy atom. The number of nitrogens with one attached hydrogen (secondary N) is 1. The van der Waals surface area contributed by atoms with Crippen molar-refractivity contribution >= 4 is 40.6 Å². The molecule has 1 N–H and O–H groups in total. The number of nitrogens with zero attached hydrogens (tertiary/aromatic N) is 3. The molecule has 0 bridgehead atoms. The maximum Gasteiger partial charge on any atom is 0.257 e. The molecule has 0 saturated carbocycles. The van der Waals surface area contributed by atoms with E-state index in [9.17, 15) is 9.59 Å². The standard InChI is InChI=1S/C21H21ClN4O2S2/c1-11-12(2)25-21-26(20(11)28)14(10-29-21)8-18(27)23-9-17-13(3)24-19(30-17)15-6-4-5-7-16(15)22/h4-7,14H,8-10H2,1-3H3,(H,23,27). The molecule has 0 spiro atoms. The van der Waals surface area contributed by atoms with Crippen molar-refractivity contribution in [1.82, 2.24) is 19.9 Å². The van der Waals surface area contributed by atoms with E-state index in [4.69, 9.17) is 11.6 Å². The molecule has 9 heteroatoms. The van der Waals surface area contributed by atoms with Crippen LogP contribution in [-0.4, -0.2) is 26.2 Å². The Morgan fingerprint density at radius 3 is 2.77 bits per heavy atom. The van der Waals surface area contributed by atoms with Crippen LogP contribution >= 0.6 is 34.7 Å². The van der Waals surface area contributed by atoms with Gasteiger partial charge in [0.1, 0.15) is 5.01 Å². The SMILES string of the molecule is Cc1nc(-c2ccccc2Cl)sc1CNC(=O)CC1CSc2nc(C)c(C)c(=O)n21. The van der Waals surface area contributed by atoms with Gasteiger partial charge in [-0.15, -0.1) is 11.3 Å². The van der Waals surface area contributed by atoms with Crippen LogP contribution in [0.4, 0.5) is 0 Å². The van der Waals surface area contributed by atoms with Crippen LogP contribution in [0.15, 0.2) is 34.2 Å². The molecule has 0 aliphatic carbocycles. The van der Waals surface area contributed by atoms with Gasteiger partial charge >= 0.3 is 0 Å². The molecule has 0 radical (unpaired) electrons. The van der Waals surface area contributed by atoms with E-state index in [0.29, 0.717) is 28.0 Å². The van der Waals surface area contributed by atoms with Crippen LogP contribution < -0.4 is 10.9 Å². The van der Waals surface area contributed by atoms with Crippen molar-refractivity contribution in [3.63, 3.8) is 0 Å². The quantitative estimate of drug-likeness (QED) is 0.574. The van der Waals surface area contributed by atoms with Crippen LogP contribution in [0.5, 0.6) is 0 Å². The van der Waals surface area contributed by atoms with E-state index in [0.717, 1.165) is 26.8 Å². The van der Waals surface area contributed by atoms with Gasteiger partial charge in [0, 0.05) is 33.9 Å². The zero-order valence-corrected chi connectivity index (χ0v) is 19.2. The molecular formula is C21H21ClN4O2S2. The highest BCUT2D eigenvalue weighted by Crippen LogP contribution is 2.34. The van der Waals surface area contributed by atoms with Gasteiger partial charge in [0.05, 0.1) is 23.3 Å². The maximum atomic E-state index is 12.6. The van der Waals surface area contributed by atoms with Gasteiger partial charge in [-0.05, 0) is 26.8 Å². The average Bonchev–Trinajstić information content (AvgIpc) is 3.28. The summed E-state index contributed by atoms with van der Waals surface area (Å²) >= 11 is 9.33. The van der Waals surface area contributed by atoms with E-state index in [2.05, 4.69) is 15.3 Å². The van der Waals surface area contributed by atoms with Crippen molar-refractivity contribution in [2.24, 2.45) is 0 Å². The lowest BCUT2D eigenvalue weighted by atomic mass is 10.2. The first-order valence-electron chi connectivity index (χ1n) is 9.55. The predicted octanol–water partition coefficient (Wildman–Crippen LogP) is 4.30. The number of aryl methyl sites for hydroxylation is 2. The van der Waals surface area contributed by atoms with Crippen LogP contribution in [0.3, 0.4) is 0 Å². The van der Waals surface area contributed by atoms with Gasteiger partial charge in [-0.25, -0.2) is 9.97 Å². The number of fused-ring (bicyclic) bond motifs is 1. The Hall–Kier alpha value is -2.16. The van der Waals surface area contributed by atoms with Crippen LogP contribution in [0, 0.1) is 20.8 Å². The van der Waals surface area contributed by atoms with E-state index in [1.54, 1.807) is 11.5 Å². The number of thiazole rings is 1. The summed E-state index contributed by atoms with van der Waals surface area (Å²) in [6, 6.07) is 7.42. The lowest BCUT2D eigenvalue weighted by Crippen LogP contribution is -2.31. The van der Waals surface area contributed by atoms with Gasteiger partial charge in [-0.2, -0.15) is 0 Å². The summed E-state index contributed by atoms with van der Waals surface area (Å²) < 4.78 is 1.67. The molecule has 0 fully saturated rings. The first-order valence-corrected chi connectivity index (χ1v) is 11.7. The Morgan fingerprint density at radius 2 is 2.00 bits per heavy atom. The van der Waals surface area contributed by atoms with Crippen molar-refractivity contribution in [2.75, 3.05) is 5.75 Å². The minimum absolute atomic E-state index is 0.0528. The topological polar surface area (TPSA) is 76.9 Å². The van der Waals surface area contributed by atoms with Gasteiger partial charge in [-0.1, -0.05) is 41.6 Å². The van der Waals surface area contributed by atoms with E-state index >= 15 is 0 Å². The average molecular weight is 461 g/mol. The lowest BCUT2D eigenvalue weighted by Gasteiger charge is -2.14. The van der Waals surface area contributed by atoms with Crippen molar-refractivity contribution in [1.29, 1.82) is 0 Å². The third kappa shape index (κ3) is 4.04. The maximum absolute atomic E-state index is 12.6. The van der Waals surface area contributed by atoms with Gasteiger partial charge < -0.3 is 5.32 Å². The summed E-state index contributed by atoms with van der Waals surface area (Å²) in [6.45, 7) is 5.95. The molecule has 1 unspecified atom stereocenters. The van der Waals surface area contributed by atoms with Crippen molar-refractivity contribution in [3.8, 4) is 10.6 Å². The molecule has 1 aliphatic rings. The van der Waals surface area contributed by atoms with E-state index < -0.39 is 0 Å². The molecule has 0 saturated heterocycles. The fourth-order valence-corrected chi connectivity index (χ4v) is 5.83. The number of hydrogen-bond acceptors (Lipinski definition) is 6. The van der Waals surface area contributed by atoms with Crippen LogP contribution in [0.1, 0.15) is 34.3 Å². The fourth-order valence-electron chi connectivity index (χ4n) is 3.33. The molecule has 3 heterocycles. The molecule has 6 nitrogen and oxygen atoms in total. The zero-order chi connectivity index (χ0) is 21.4. The summed E-state index contributed by atoms with van der Waals surface area (Å²) in [5.41, 5.74) is 3.10. The second-order valence-corrected chi connectivity index (χ2v) is 9.71. The number of aromatic nitrogens is 3.